The molecule has 1 aliphatic rings. The zero-order valence-corrected chi connectivity index (χ0v) is 18.7. The molecule has 170 valence electrons. The van der Waals surface area contributed by atoms with E-state index in [1.54, 1.807) is 12.1 Å². The Labute approximate surface area is 183 Å². The molecule has 2 heterocycles. The van der Waals surface area contributed by atoms with Crippen LogP contribution in [0.4, 0.5) is 4.79 Å². The predicted molar refractivity (Wildman–Crippen MR) is 117 cm³/mol. The van der Waals surface area contributed by atoms with Crippen molar-refractivity contribution in [2.24, 2.45) is 5.92 Å². The fourth-order valence-electron chi connectivity index (χ4n) is 4.13. The molecule has 1 amide bonds. The summed E-state index contributed by atoms with van der Waals surface area (Å²) in [6.07, 6.45) is 4.90. The average Bonchev–Trinajstić information content (AvgIpc) is 2.70. The van der Waals surface area contributed by atoms with Crippen molar-refractivity contribution in [3.05, 3.63) is 23.9 Å². The highest BCUT2D eigenvalue weighted by Gasteiger charge is 2.26. The molecule has 1 fully saturated rings. The SMILES string of the molecule is COc1ccc2ncc(O)c(C[C@@H](O)CC3CCC(NC(=O)OC(C)(C)C)CC3)c2n1. The van der Waals surface area contributed by atoms with Gasteiger partial charge in [-0.2, -0.15) is 0 Å². The molecule has 8 nitrogen and oxygen atoms in total. The van der Waals surface area contributed by atoms with Crippen molar-refractivity contribution in [3.63, 3.8) is 0 Å². The first-order valence-corrected chi connectivity index (χ1v) is 10.8. The number of pyridine rings is 2. The largest absolute Gasteiger partial charge is 0.506 e. The highest BCUT2D eigenvalue weighted by Crippen LogP contribution is 2.31. The Morgan fingerprint density at radius 1 is 1.26 bits per heavy atom. The molecule has 0 aliphatic heterocycles. The Morgan fingerprint density at radius 3 is 2.61 bits per heavy atom. The van der Waals surface area contributed by atoms with E-state index in [9.17, 15) is 15.0 Å². The van der Waals surface area contributed by atoms with Crippen molar-refractivity contribution in [3.8, 4) is 11.6 Å². The Kier molecular flexibility index (Phi) is 7.20. The molecule has 1 saturated carbocycles. The topological polar surface area (TPSA) is 114 Å². The van der Waals surface area contributed by atoms with Crippen LogP contribution in [0.25, 0.3) is 11.0 Å². The number of aliphatic hydroxyl groups excluding tert-OH is 1. The standard InChI is InChI=1S/C23H33N3O5/c1-23(2,3)31-22(29)25-15-7-5-14(6-8-15)11-16(27)12-17-19(28)13-24-18-9-10-20(30-4)26-21(17)18/h9-10,13-16,27-28H,5-8,11-12H2,1-4H3,(H,25,29)/t14?,15?,16-/m0/s1. The molecule has 0 aromatic carbocycles. The number of fused-ring (bicyclic) bond motifs is 1. The van der Waals surface area contributed by atoms with Gasteiger partial charge in [0, 0.05) is 24.1 Å². The molecule has 1 aliphatic carbocycles. The van der Waals surface area contributed by atoms with Crippen LogP contribution in [-0.2, 0) is 11.2 Å². The number of carbonyl (C=O) groups is 1. The van der Waals surface area contributed by atoms with Crippen LogP contribution in [0.2, 0.25) is 0 Å². The van der Waals surface area contributed by atoms with Crippen LogP contribution in [0.3, 0.4) is 0 Å². The second-order valence-electron chi connectivity index (χ2n) is 9.30. The summed E-state index contributed by atoms with van der Waals surface area (Å²) in [5.74, 6) is 0.827. The van der Waals surface area contributed by atoms with Crippen LogP contribution in [-0.4, -0.2) is 51.1 Å². The monoisotopic (exact) mass is 431 g/mol. The number of alkyl carbamates (subject to hydrolysis) is 1. The van der Waals surface area contributed by atoms with E-state index in [1.165, 1.54) is 13.3 Å². The Morgan fingerprint density at radius 2 is 1.97 bits per heavy atom. The average molecular weight is 432 g/mol. The van der Waals surface area contributed by atoms with E-state index in [0.29, 0.717) is 41.2 Å². The number of aromatic hydroxyl groups is 1. The molecule has 0 bridgehead atoms. The number of nitrogens with one attached hydrogen (secondary N) is 1. The zero-order valence-electron chi connectivity index (χ0n) is 18.7. The minimum Gasteiger partial charge on any atom is -0.506 e. The van der Waals surface area contributed by atoms with Gasteiger partial charge in [0.1, 0.15) is 11.4 Å². The highest BCUT2D eigenvalue weighted by atomic mass is 16.6. The summed E-state index contributed by atoms with van der Waals surface area (Å²) in [5.41, 5.74) is 1.27. The number of carbonyl (C=O) groups excluding carboxylic acids is 1. The second-order valence-corrected chi connectivity index (χ2v) is 9.30. The van der Waals surface area contributed by atoms with Crippen molar-refractivity contribution in [2.75, 3.05) is 7.11 Å². The van der Waals surface area contributed by atoms with Gasteiger partial charge in [-0.15, -0.1) is 0 Å². The number of amides is 1. The van der Waals surface area contributed by atoms with Gasteiger partial charge in [-0.3, -0.25) is 4.98 Å². The number of aliphatic hydroxyl groups is 1. The minimum atomic E-state index is -0.607. The van der Waals surface area contributed by atoms with Crippen LogP contribution < -0.4 is 10.1 Å². The molecule has 2 aromatic heterocycles. The predicted octanol–water partition coefficient (Wildman–Crippen LogP) is 3.72. The van der Waals surface area contributed by atoms with E-state index in [4.69, 9.17) is 9.47 Å². The third-order valence-corrected chi connectivity index (χ3v) is 5.59. The lowest BCUT2D eigenvalue weighted by Crippen LogP contribution is -2.41. The molecule has 3 rings (SSSR count). The molecule has 3 N–H and O–H groups in total. The van der Waals surface area contributed by atoms with Crippen LogP contribution >= 0.6 is 0 Å². The van der Waals surface area contributed by atoms with Crippen LogP contribution in [0.1, 0.15) is 58.4 Å². The summed E-state index contributed by atoms with van der Waals surface area (Å²) in [5, 5.41) is 24.0. The van der Waals surface area contributed by atoms with Gasteiger partial charge < -0.3 is 25.0 Å². The van der Waals surface area contributed by atoms with Gasteiger partial charge in [0.25, 0.3) is 0 Å². The van der Waals surface area contributed by atoms with Gasteiger partial charge in [0.15, 0.2) is 0 Å². The second kappa shape index (κ2) is 9.68. The molecular weight excluding hydrogens is 398 g/mol. The van der Waals surface area contributed by atoms with E-state index >= 15 is 0 Å². The summed E-state index contributed by atoms with van der Waals surface area (Å²) in [6.45, 7) is 5.54. The summed E-state index contributed by atoms with van der Waals surface area (Å²) in [7, 11) is 1.53. The van der Waals surface area contributed by atoms with Gasteiger partial charge in [0.05, 0.1) is 30.4 Å². The highest BCUT2D eigenvalue weighted by molar-refractivity contribution is 5.80. The van der Waals surface area contributed by atoms with E-state index in [1.807, 2.05) is 20.8 Å². The van der Waals surface area contributed by atoms with Crippen molar-refractivity contribution >= 4 is 17.1 Å². The molecule has 8 heteroatoms. The number of nitrogens with zero attached hydrogens (tertiary/aromatic N) is 2. The number of hydrogen-bond donors (Lipinski definition) is 3. The smallest absolute Gasteiger partial charge is 0.407 e. The maximum absolute atomic E-state index is 12.0. The van der Waals surface area contributed by atoms with E-state index in [2.05, 4.69) is 15.3 Å². The molecule has 1 atom stereocenters. The number of rotatable bonds is 6. The first kappa shape index (κ1) is 23.1. The summed E-state index contributed by atoms with van der Waals surface area (Å²) in [6, 6.07) is 3.61. The fraction of sp³-hybridized carbons (Fsp3) is 0.609. The lowest BCUT2D eigenvalue weighted by molar-refractivity contribution is 0.0479. The number of ether oxygens (including phenoxy) is 2. The number of methoxy groups -OCH3 is 1. The van der Waals surface area contributed by atoms with Gasteiger partial charge in [-0.05, 0) is 64.9 Å². The fourth-order valence-corrected chi connectivity index (χ4v) is 4.13. The van der Waals surface area contributed by atoms with Gasteiger partial charge in [-0.25, -0.2) is 9.78 Å². The first-order chi connectivity index (χ1) is 14.6. The molecule has 31 heavy (non-hydrogen) atoms. The van der Waals surface area contributed by atoms with Crippen molar-refractivity contribution in [2.45, 2.75) is 77.0 Å². The summed E-state index contributed by atoms with van der Waals surface area (Å²) < 4.78 is 10.5. The molecular formula is C23H33N3O5. The van der Waals surface area contributed by atoms with E-state index < -0.39 is 11.7 Å². The number of aromatic nitrogens is 2. The van der Waals surface area contributed by atoms with Gasteiger partial charge in [-0.1, -0.05) is 0 Å². The van der Waals surface area contributed by atoms with Crippen LogP contribution in [0.5, 0.6) is 11.6 Å². The first-order valence-electron chi connectivity index (χ1n) is 10.8. The number of hydrogen-bond acceptors (Lipinski definition) is 7. The minimum absolute atomic E-state index is 0.0255. The van der Waals surface area contributed by atoms with Crippen molar-refractivity contribution < 1.29 is 24.5 Å². The third kappa shape index (κ3) is 6.43. The molecule has 0 unspecified atom stereocenters. The molecule has 0 spiro atoms. The summed E-state index contributed by atoms with van der Waals surface area (Å²) in [4.78, 5) is 20.6. The quantitative estimate of drug-likeness (QED) is 0.639. The van der Waals surface area contributed by atoms with Gasteiger partial charge >= 0.3 is 6.09 Å². The maximum Gasteiger partial charge on any atom is 0.407 e. The Balaban J connectivity index is 1.55. The molecule has 0 saturated heterocycles. The van der Waals surface area contributed by atoms with Crippen LogP contribution in [0.15, 0.2) is 18.3 Å². The molecule has 0 radical (unpaired) electrons. The Hall–Kier alpha value is -2.61. The maximum atomic E-state index is 12.0. The summed E-state index contributed by atoms with van der Waals surface area (Å²) >= 11 is 0. The van der Waals surface area contributed by atoms with Gasteiger partial charge in [0.2, 0.25) is 5.88 Å². The lowest BCUT2D eigenvalue weighted by atomic mass is 9.82. The normalized spacial score (nSPS) is 20.3. The van der Waals surface area contributed by atoms with Crippen molar-refractivity contribution in [1.82, 2.24) is 15.3 Å². The Bertz CT molecular complexity index is 904. The van der Waals surface area contributed by atoms with E-state index in [0.717, 1.165) is 25.7 Å². The lowest BCUT2D eigenvalue weighted by Gasteiger charge is -2.31. The van der Waals surface area contributed by atoms with Crippen molar-refractivity contribution in [1.29, 1.82) is 0 Å². The van der Waals surface area contributed by atoms with E-state index in [-0.39, 0.29) is 17.9 Å². The van der Waals surface area contributed by atoms with Crippen LogP contribution in [0, 0.1) is 5.92 Å². The zero-order chi connectivity index (χ0) is 22.6. The molecule has 2 aromatic rings. The third-order valence-electron chi connectivity index (χ3n) is 5.59.